The van der Waals surface area contributed by atoms with E-state index in [2.05, 4.69) is 25.7 Å². The zero-order chi connectivity index (χ0) is 18.5. The van der Waals surface area contributed by atoms with E-state index in [0.29, 0.717) is 12.6 Å². The summed E-state index contributed by atoms with van der Waals surface area (Å²) in [5, 5.41) is 12.5. The molecule has 0 aromatic carbocycles. The third-order valence-electron chi connectivity index (χ3n) is 4.87. The summed E-state index contributed by atoms with van der Waals surface area (Å²) in [7, 11) is 0. The van der Waals surface area contributed by atoms with Crippen LogP contribution in [0.1, 0.15) is 36.6 Å². The Morgan fingerprint density at radius 3 is 2.85 bits per heavy atom. The van der Waals surface area contributed by atoms with Gasteiger partial charge in [-0.3, -0.25) is 14.6 Å². The van der Waals surface area contributed by atoms with Gasteiger partial charge in [0.05, 0.1) is 30.7 Å². The molecule has 2 N–H and O–H groups in total. The predicted octanol–water partition coefficient (Wildman–Crippen LogP) is 3.38. The Bertz CT molecular complexity index is 855. The van der Waals surface area contributed by atoms with Gasteiger partial charge in [0.2, 0.25) is 0 Å². The van der Waals surface area contributed by atoms with E-state index >= 15 is 0 Å². The van der Waals surface area contributed by atoms with E-state index in [-0.39, 0.29) is 12.1 Å². The van der Waals surface area contributed by atoms with Crippen LogP contribution in [0, 0.1) is 0 Å². The average Bonchev–Trinajstić information content (AvgIpc) is 3.40. The number of amides is 2. The summed E-state index contributed by atoms with van der Waals surface area (Å²) >= 11 is 1.65. The Morgan fingerprint density at radius 2 is 2.11 bits per heavy atom. The minimum atomic E-state index is -0.0872. The lowest BCUT2D eigenvalue weighted by atomic mass is 9.91. The maximum Gasteiger partial charge on any atom is 0.315 e. The summed E-state index contributed by atoms with van der Waals surface area (Å²) in [5.74, 6) is 0. The van der Waals surface area contributed by atoms with Crippen molar-refractivity contribution >= 4 is 17.4 Å². The highest BCUT2D eigenvalue weighted by molar-refractivity contribution is 7.09. The Morgan fingerprint density at radius 1 is 1.22 bits per heavy atom. The normalized spacial score (nSPS) is 19.6. The lowest BCUT2D eigenvalue weighted by Gasteiger charge is -2.29. The monoisotopic (exact) mass is 382 g/mol. The van der Waals surface area contributed by atoms with Crippen LogP contribution in [0.3, 0.4) is 0 Å². The smallest absolute Gasteiger partial charge is 0.315 e. The fourth-order valence-corrected chi connectivity index (χ4v) is 4.06. The summed E-state index contributed by atoms with van der Waals surface area (Å²) in [4.78, 5) is 21.7. The fourth-order valence-electron chi connectivity index (χ4n) is 3.42. The molecule has 140 valence electrons. The Kier molecular flexibility index (Phi) is 5.43. The van der Waals surface area contributed by atoms with Crippen molar-refractivity contribution in [1.29, 1.82) is 0 Å². The predicted molar refractivity (Wildman–Crippen MR) is 104 cm³/mol. The van der Waals surface area contributed by atoms with Crippen molar-refractivity contribution < 1.29 is 4.79 Å². The first kappa shape index (κ1) is 17.7. The van der Waals surface area contributed by atoms with E-state index in [1.807, 2.05) is 34.6 Å². The summed E-state index contributed by atoms with van der Waals surface area (Å²) < 4.78 is 2.02. The largest absolute Gasteiger partial charge is 0.335 e. The molecule has 1 aliphatic carbocycles. The van der Waals surface area contributed by atoms with Gasteiger partial charge >= 0.3 is 6.03 Å². The van der Waals surface area contributed by atoms with E-state index in [4.69, 9.17) is 0 Å². The molecule has 1 saturated carbocycles. The van der Waals surface area contributed by atoms with Crippen molar-refractivity contribution in [2.75, 3.05) is 0 Å². The summed E-state index contributed by atoms with van der Waals surface area (Å²) in [5.41, 5.74) is 1.82. The van der Waals surface area contributed by atoms with Crippen LogP contribution >= 0.6 is 11.3 Å². The summed E-state index contributed by atoms with van der Waals surface area (Å²) in [6, 6.07) is 4.51. The minimum absolute atomic E-state index is 0.0872. The number of carbonyl (C=O) groups is 1. The van der Waals surface area contributed by atoms with Crippen molar-refractivity contribution in [2.45, 2.75) is 44.3 Å². The lowest BCUT2D eigenvalue weighted by Crippen LogP contribution is -2.43. The number of aromatic nitrogens is 4. The van der Waals surface area contributed by atoms with Crippen molar-refractivity contribution in [1.82, 2.24) is 30.4 Å². The van der Waals surface area contributed by atoms with E-state index in [1.165, 1.54) is 0 Å². The molecule has 1 aliphatic rings. The van der Waals surface area contributed by atoms with Crippen molar-refractivity contribution in [3.8, 4) is 11.3 Å². The van der Waals surface area contributed by atoms with Crippen molar-refractivity contribution in [3.05, 3.63) is 53.4 Å². The molecule has 27 heavy (non-hydrogen) atoms. The van der Waals surface area contributed by atoms with Gasteiger partial charge in [0.25, 0.3) is 0 Å². The highest BCUT2D eigenvalue weighted by Crippen LogP contribution is 2.29. The zero-order valence-electron chi connectivity index (χ0n) is 14.9. The third kappa shape index (κ3) is 4.51. The van der Waals surface area contributed by atoms with Gasteiger partial charge in [0, 0.05) is 35.1 Å². The second kappa shape index (κ2) is 8.30. The van der Waals surface area contributed by atoms with Crippen LogP contribution in [0.25, 0.3) is 11.3 Å². The Labute approximate surface area is 161 Å². The zero-order valence-corrected chi connectivity index (χ0v) is 15.7. The van der Waals surface area contributed by atoms with E-state index < -0.39 is 0 Å². The van der Waals surface area contributed by atoms with E-state index in [1.54, 1.807) is 29.9 Å². The number of rotatable bonds is 5. The number of carbonyl (C=O) groups excluding carboxylic acids is 1. The molecule has 0 radical (unpaired) electrons. The number of urea groups is 1. The molecule has 0 aliphatic heterocycles. The van der Waals surface area contributed by atoms with Crippen molar-refractivity contribution in [2.24, 2.45) is 0 Å². The molecule has 8 heteroatoms. The second-order valence-electron chi connectivity index (χ2n) is 6.71. The fraction of sp³-hybridized carbons (Fsp3) is 0.368. The molecule has 1 fully saturated rings. The van der Waals surface area contributed by atoms with E-state index in [0.717, 1.165) is 41.8 Å². The molecule has 0 spiro atoms. The standard InChI is InChI=1S/C19H22N6OS/c26-19(22-11-17-2-1-9-27-17)24-15-3-5-16(6-4-15)25-13-14(10-23-25)18-12-20-7-8-21-18/h1-2,7-10,12-13,15-16H,3-6,11H2,(H2,22,24,26). The first-order valence-corrected chi connectivity index (χ1v) is 10.0. The first-order chi connectivity index (χ1) is 13.3. The van der Waals surface area contributed by atoms with Crippen LogP contribution in [0.15, 0.2) is 48.5 Å². The van der Waals surface area contributed by atoms with Gasteiger partial charge < -0.3 is 10.6 Å². The topological polar surface area (TPSA) is 84.7 Å². The highest BCUT2D eigenvalue weighted by atomic mass is 32.1. The molecule has 4 rings (SSSR count). The average molecular weight is 382 g/mol. The molecule has 3 aromatic heterocycles. The number of thiophene rings is 1. The molecule has 3 aromatic rings. The van der Waals surface area contributed by atoms with Crippen LogP contribution in [0.4, 0.5) is 4.79 Å². The van der Waals surface area contributed by atoms with Crippen molar-refractivity contribution in [3.63, 3.8) is 0 Å². The maximum atomic E-state index is 12.1. The Hall–Kier alpha value is -2.74. The lowest BCUT2D eigenvalue weighted by molar-refractivity contribution is 0.225. The van der Waals surface area contributed by atoms with Gasteiger partial charge in [-0.15, -0.1) is 11.3 Å². The molecular formula is C19H22N6OS. The molecule has 2 amide bonds. The van der Waals surface area contributed by atoms with Gasteiger partial charge in [-0.25, -0.2) is 4.79 Å². The molecule has 0 atom stereocenters. The SMILES string of the molecule is O=C(NCc1cccs1)NC1CCC(n2cc(-c3cnccn3)cn2)CC1. The van der Waals surface area contributed by atoms with Crippen LogP contribution in [0.5, 0.6) is 0 Å². The quantitative estimate of drug-likeness (QED) is 0.708. The number of nitrogens with one attached hydrogen (secondary N) is 2. The van der Waals surface area contributed by atoms with Crippen LogP contribution < -0.4 is 10.6 Å². The van der Waals surface area contributed by atoms with Gasteiger partial charge in [-0.2, -0.15) is 5.10 Å². The van der Waals surface area contributed by atoms with Crippen LogP contribution in [-0.2, 0) is 6.54 Å². The highest BCUT2D eigenvalue weighted by Gasteiger charge is 2.24. The molecule has 0 saturated heterocycles. The number of hydrogen-bond acceptors (Lipinski definition) is 5. The molecule has 0 bridgehead atoms. The molecule has 7 nitrogen and oxygen atoms in total. The van der Waals surface area contributed by atoms with Crippen LogP contribution in [-0.4, -0.2) is 31.8 Å². The van der Waals surface area contributed by atoms with Gasteiger partial charge in [-0.05, 0) is 37.1 Å². The van der Waals surface area contributed by atoms with E-state index in [9.17, 15) is 4.79 Å². The minimum Gasteiger partial charge on any atom is -0.335 e. The van der Waals surface area contributed by atoms with Gasteiger partial charge in [0.1, 0.15) is 0 Å². The molecular weight excluding hydrogens is 360 g/mol. The third-order valence-corrected chi connectivity index (χ3v) is 5.75. The Balaban J connectivity index is 1.25. The summed E-state index contributed by atoms with van der Waals surface area (Å²) in [6.45, 7) is 0.581. The maximum absolute atomic E-state index is 12.1. The number of nitrogens with zero attached hydrogens (tertiary/aromatic N) is 4. The summed E-state index contributed by atoms with van der Waals surface area (Å²) in [6.07, 6.45) is 12.9. The van der Waals surface area contributed by atoms with Gasteiger partial charge in [-0.1, -0.05) is 6.07 Å². The van der Waals surface area contributed by atoms with Crippen LogP contribution in [0.2, 0.25) is 0 Å². The van der Waals surface area contributed by atoms with Gasteiger partial charge in [0.15, 0.2) is 0 Å². The molecule has 3 heterocycles. The first-order valence-electron chi connectivity index (χ1n) is 9.15. The number of hydrogen-bond donors (Lipinski definition) is 2. The molecule has 0 unspecified atom stereocenters. The second-order valence-corrected chi connectivity index (χ2v) is 7.74.